The van der Waals surface area contributed by atoms with Gasteiger partial charge in [0.05, 0.1) is 14.2 Å². The lowest BCUT2D eigenvalue weighted by Crippen LogP contribution is -2.38. The van der Waals surface area contributed by atoms with Gasteiger partial charge in [-0.15, -0.1) is 0 Å². The zero-order chi connectivity index (χ0) is 24.6. The third kappa shape index (κ3) is 6.19. The van der Waals surface area contributed by atoms with Crippen molar-refractivity contribution in [2.24, 2.45) is 5.41 Å². The van der Waals surface area contributed by atoms with E-state index < -0.39 is 0 Å². The highest BCUT2D eigenvalue weighted by Gasteiger charge is 2.55. The smallest absolute Gasteiger partial charge is 0.252 e. The number of ether oxygens (including phenoxy) is 2. The second-order valence-electron chi connectivity index (χ2n) is 8.96. The zero-order valence-corrected chi connectivity index (χ0v) is 20.7. The summed E-state index contributed by atoms with van der Waals surface area (Å²) in [5.74, 6) is 1.66. The molecule has 0 bridgehead atoms. The van der Waals surface area contributed by atoms with Crippen LogP contribution in [0.5, 0.6) is 11.5 Å². The van der Waals surface area contributed by atoms with Gasteiger partial charge in [0.25, 0.3) is 5.91 Å². The molecule has 2 aromatic carbocycles. The van der Waals surface area contributed by atoms with E-state index in [0.717, 1.165) is 73.4 Å². The van der Waals surface area contributed by atoms with Gasteiger partial charge in [-0.3, -0.25) is 9.59 Å². The van der Waals surface area contributed by atoms with E-state index in [0.29, 0.717) is 0 Å². The predicted molar refractivity (Wildman–Crippen MR) is 135 cm³/mol. The molecule has 182 valence electrons. The fraction of sp³-hybridized carbons (Fsp3) is 0.429. The summed E-state index contributed by atoms with van der Waals surface area (Å²) < 4.78 is 9.95. The van der Waals surface area contributed by atoms with Gasteiger partial charge in [-0.2, -0.15) is 0 Å². The Bertz CT molecular complexity index is 990. The maximum Gasteiger partial charge on any atom is 0.252 e. The van der Waals surface area contributed by atoms with E-state index in [1.807, 2.05) is 54.3 Å². The van der Waals surface area contributed by atoms with Crippen molar-refractivity contribution in [3.8, 4) is 11.5 Å². The number of nitrogens with zero attached hydrogens (tertiary/aromatic N) is 1. The lowest BCUT2D eigenvalue weighted by Gasteiger charge is -2.30. The normalized spacial score (nSPS) is 18.1. The SMILES string of the molecule is CC/C=C\c1c(C)cccc1C(=O)NC1CC12CCN(C=O)CC2.COc1cccc(OC)c1. The minimum absolute atomic E-state index is 0.0224. The number of piperidine rings is 1. The molecule has 0 radical (unpaired) electrons. The average Bonchev–Trinajstić information content (AvgIpc) is 3.54. The average molecular weight is 465 g/mol. The largest absolute Gasteiger partial charge is 0.497 e. The van der Waals surface area contributed by atoms with E-state index in [2.05, 4.69) is 24.4 Å². The Labute approximate surface area is 202 Å². The third-order valence-corrected chi connectivity index (χ3v) is 6.80. The number of nitrogens with one attached hydrogen (secondary N) is 1. The van der Waals surface area contributed by atoms with Crippen LogP contribution in [0.1, 0.15) is 54.1 Å². The quantitative estimate of drug-likeness (QED) is 0.594. The van der Waals surface area contributed by atoms with E-state index in [-0.39, 0.29) is 17.4 Å². The highest BCUT2D eigenvalue weighted by Crippen LogP contribution is 2.53. The summed E-state index contributed by atoms with van der Waals surface area (Å²) in [5.41, 5.74) is 3.12. The van der Waals surface area contributed by atoms with Crippen LogP contribution in [-0.2, 0) is 4.79 Å². The summed E-state index contributed by atoms with van der Waals surface area (Å²) in [4.78, 5) is 25.4. The Morgan fingerprint density at radius 2 is 1.76 bits per heavy atom. The number of amides is 2. The van der Waals surface area contributed by atoms with Crippen molar-refractivity contribution in [1.82, 2.24) is 10.2 Å². The number of hydrogen-bond acceptors (Lipinski definition) is 4. The molecule has 0 aromatic heterocycles. The van der Waals surface area contributed by atoms with E-state index >= 15 is 0 Å². The van der Waals surface area contributed by atoms with Crippen molar-refractivity contribution in [3.63, 3.8) is 0 Å². The molecule has 2 aromatic rings. The highest BCUT2D eigenvalue weighted by molar-refractivity contribution is 5.98. The molecule has 2 fully saturated rings. The first-order valence-corrected chi connectivity index (χ1v) is 11.9. The minimum atomic E-state index is 0.0224. The maximum atomic E-state index is 12.8. The van der Waals surface area contributed by atoms with Crippen LogP contribution in [0.3, 0.4) is 0 Å². The van der Waals surface area contributed by atoms with Crippen molar-refractivity contribution in [3.05, 3.63) is 65.2 Å². The first-order valence-electron chi connectivity index (χ1n) is 11.9. The Hall–Kier alpha value is -3.28. The van der Waals surface area contributed by atoms with E-state index in [9.17, 15) is 9.59 Å². The molecule has 1 spiro atoms. The lowest BCUT2D eigenvalue weighted by molar-refractivity contribution is -0.119. The van der Waals surface area contributed by atoms with Gasteiger partial charge < -0.3 is 19.7 Å². The summed E-state index contributed by atoms with van der Waals surface area (Å²) in [6.45, 7) is 5.75. The summed E-state index contributed by atoms with van der Waals surface area (Å²) in [5, 5.41) is 3.23. The number of likely N-dealkylation sites (tertiary alicyclic amines) is 1. The van der Waals surface area contributed by atoms with Crippen molar-refractivity contribution < 1.29 is 19.1 Å². The Kier molecular flexibility index (Phi) is 8.74. The number of aryl methyl sites for hydroxylation is 1. The number of rotatable bonds is 7. The van der Waals surface area contributed by atoms with Crippen LogP contribution in [0.2, 0.25) is 0 Å². The molecular formula is C28H36N2O4. The monoisotopic (exact) mass is 464 g/mol. The number of carbonyl (C=O) groups excluding carboxylic acids is 2. The van der Waals surface area contributed by atoms with E-state index in [1.165, 1.54) is 0 Å². The second-order valence-corrected chi connectivity index (χ2v) is 8.96. The molecule has 1 saturated carbocycles. The van der Waals surface area contributed by atoms with Gasteiger partial charge in [0, 0.05) is 30.8 Å². The van der Waals surface area contributed by atoms with Gasteiger partial charge in [-0.05, 0) is 67.3 Å². The third-order valence-electron chi connectivity index (χ3n) is 6.80. The Morgan fingerprint density at radius 1 is 1.12 bits per heavy atom. The zero-order valence-electron chi connectivity index (χ0n) is 20.7. The number of allylic oxidation sites excluding steroid dienone is 1. The molecule has 2 amide bonds. The lowest BCUT2D eigenvalue weighted by atomic mass is 9.92. The summed E-state index contributed by atoms with van der Waals surface area (Å²) in [6.07, 6.45) is 9.05. The van der Waals surface area contributed by atoms with E-state index in [4.69, 9.17) is 9.47 Å². The molecule has 1 N–H and O–H groups in total. The first kappa shape index (κ1) is 25.3. The van der Waals surface area contributed by atoms with Gasteiger partial charge in [0.2, 0.25) is 6.41 Å². The number of benzene rings is 2. The van der Waals surface area contributed by atoms with Crippen LogP contribution in [-0.4, -0.2) is 50.6 Å². The molecule has 1 saturated heterocycles. The summed E-state index contributed by atoms with van der Waals surface area (Å²) in [7, 11) is 3.27. The van der Waals surface area contributed by atoms with Crippen LogP contribution < -0.4 is 14.8 Å². The standard InChI is InChI=1S/C20H26N2O2.C8H10O2/c1-3-4-7-16-15(2)6-5-8-17(16)19(24)21-18-13-20(18)9-11-22(14-23)12-10-20;1-9-7-4-3-5-8(6-7)10-2/h4-8,14,18H,3,9-13H2,1-2H3,(H,21,24);3-6H,1-2H3/b7-4-;. The van der Waals surface area contributed by atoms with Crippen LogP contribution in [0.25, 0.3) is 6.08 Å². The molecule has 4 rings (SSSR count). The van der Waals surface area contributed by atoms with Crippen LogP contribution in [0.4, 0.5) is 0 Å². The molecule has 6 heteroatoms. The minimum Gasteiger partial charge on any atom is -0.497 e. The van der Waals surface area contributed by atoms with Gasteiger partial charge in [0.15, 0.2) is 0 Å². The molecule has 1 heterocycles. The van der Waals surface area contributed by atoms with Gasteiger partial charge in [-0.25, -0.2) is 0 Å². The molecular weight excluding hydrogens is 428 g/mol. The molecule has 34 heavy (non-hydrogen) atoms. The Morgan fingerprint density at radius 3 is 2.35 bits per heavy atom. The highest BCUT2D eigenvalue weighted by atomic mass is 16.5. The fourth-order valence-electron chi connectivity index (χ4n) is 4.48. The maximum absolute atomic E-state index is 12.8. The van der Waals surface area contributed by atoms with Crippen LogP contribution >= 0.6 is 0 Å². The van der Waals surface area contributed by atoms with Gasteiger partial charge in [0.1, 0.15) is 11.5 Å². The Balaban J connectivity index is 0.000000271. The second kappa shape index (κ2) is 11.7. The molecule has 1 atom stereocenters. The number of hydrogen-bond donors (Lipinski definition) is 1. The van der Waals surface area contributed by atoms with Crippen LogP contribution in [0, 0.1) is 12.3 Å². The number of methoxy groups -OCH3 is 2. The summed E-state index contributed by atoms with van der Waals surface area (Å²) in [6, 6.07) is 13.6. The molecule has 6 nitrogen and oxygen atoms in total. The van der Waals surface area contributed by atoms with Crippen molar-refractivity contribution in [2.45, 2.75) is 45.6 Å². The van der Waals surface area contributed by atoms with Crippen molar-refractivity contribution in [2.75, 3.05) is 27.3 Å². The van der Waals surface area contributed by atoms with Gasteiger partial charge >= 0.3 is 0 Å². The first-order chi connectivity index (χ1) is 16.5. The van der Waals surface area contributed by atoms with Crippen molar-refractivity contribution >= 4 is 18.4 Å². The molecule has 2 aliphatic rings. The summed E-state index contributed by atoms with van der Waals surface area (Å²) >= 11 is 0. The molecule has 1 aliphatic carbocycles. The molecule has 1 aliphatic heterocycles. The van der Waals surface area contributed by atoms with Gasteiger partial charge in [-0.1, -0.05) is 37.3 Å². The number of carbonyl (C=O) groups is 2. The fourth-order valence-corrected chi connectivity index (χ4v) is 4.48. The van der Waals surface area contributed by atoms with E-state index in [1.54, 1.807) is 14.2 Å². The predicted octanol–water partition coefficient (Wildman–Crippen LogP) is 4.86. The topological polar surface area (TPSA) is 67.9 Å². The van der Waals surface area contributed by atoms with Crippen molar-refractivity contribution in [1.29, 1.82) is 0 Å². The molecule has 1 unspecified atom stereocenters. The van der Waals surface area contributed by atoms with Crippen LogP contribution in [0.15, 0.2) is 48.5 Å².